The van der Waals surface area contributed by atoms with Crippen molar-refractivity contribution in [1.82, 2.24) is 10.3 Å². The van der Waals surface area contributed by atoms with E-state index in [1.807, 2.05) is 0 Å². The number of carbonyl (C=O) groups excluding carboxylic acids is 1. The van der Waals surface area contributed by atoms with Crippen molar-refractivity contribution in [3.8, 4) is 0 Å². The molecule has 1 fully saturated rings. The van der Waals surface area contributed by atoms with E-state index in [4.69, 9.17) is 0 Å². The number of rotatable bonds is 4. The van der Waals surface area contributed by atoms with Gasteiger partial charge in [0.15, 0.2) is 0 Å². The summed E-state index contributed by atoms with van der Waals surface area (Å²) in [6.07, 6.45) is -3.58. The molecule has 0 spiro atoms. The molecule has 0 aliphatic heterocycles. The van der Waals surface area contributed by atoms with Crippen LogP contribution in [0.2, 0.25) is 0 Å². The molecule has 1 atom stereocenters. The molecule has 1 aromatic rings. The molecule has 0 saturated heterocycles. The van der Waals surface area contributed by atoms with Gasteiger partial charge in [0.05, 0.1) is 6.10 Å². The molecule has 2 rings (SSSR count). The number of hydrogen-bond donors (Lipinski definition) is 3. The number of nitrogens with one attached hydrogen (secondary N) is 2. The molecule has 1 unspecified atom stereocenters. The minimum atomic E-state index is -4.67. The molecule has 1 aromatic heterocycles. The number of halogens is 3. The van der Waals surface area contributed by atoms with Crippen LogP contribution in [0, 0.1) is 5.92 Å². The third kappa shape index (κ3) is 3.38. The predicted octanol–water partition coefficient (Wildman–Crippen LogP) is 0.894. The zero-order chi connectivity index (χ0) is 14.9. The Labute approximate surface area is 111 Å². The highest BCUT2D eigenvalue weighted by Gasteiger charge is 2.33. The van der Waals surface area contributed by atoms with Crippen LogP contribution in [0.25, 0.3) is 0 Å². The molecule has 1 saturated carbocycles. The van der Waals surface area contributed by atoms with Gasteiger partial charge >= 0.3 is 6.18 Å². The molecule has 8 heteroatoms. The molecule has 0 aromatic carbocycles. The fraction of sp³-hybridized carbons (Fsp3) is 0.500. The summed E-state index contributed by atoms with van der Waals surface area (Å²) in [7, 11) is 0. The van der Waals surface area contributed by atoms with E-state index in [-0.39, 0.29) is 12.5 Å². The minimum Gasteiger partial charge on any atom is -0.391 e. The molecular formula is C12H13F3N2O3. The molecule has 1 amide bonds. The molecular weight excluding hydrogens is 277 g/mol. The quantitative estimate of drug-likeness (QED) is 0.770. The average Bonchev–Trinajstić information content (AvgIpc) is 3.18. The number of aromatic nitrogens is 1. The zero-order valence-electron chi connectivity index (χ0n) is 10.3. The summed E-state index contributed by atoms with van der Waals surface area (Å²) >= 11 is 0. The van der Waals surface area contributed by atoms with Gasteiger partial charge in [-0.3, -0.25) is 9.59 Å². The first-order chi connectivity index (χ1) is 9.29. The lowest BCUT2D eigenvalue weighted by Gasteiger charge is -2.11. The van der Waals surface area contributed by atoms with Crippen LogP contribution in [0.5, 0.6) is 0 Å². The monoisotopic (exact) mass is 290 g/mol. The van der Waals surface area contributed by atoms with E-state index in [1.165, 1.54) is 0 Å². The number of alkyl halides is 3. The van der Waals surface area contributed by atoms with Crippen LogP contribution in [-0.4, -0.2) is 28.6 Å². The predicted molar refractivity (Wildman–Crippen MR) is 63.1 cm³/mol. The summed E-state index contributed by atoms with van der Waals surface area (Å²) in [6, 6.07) is 1.45. The molecule has 110 valence electrons. The first kappa shape index (κ1) is 14.6. The van der Waals surface area contributed by atoms with Crippen molar-refractivity contribution in [1.29, 1.82) is 0 Å². The van der Waals surface area contributed by atoms with Gasteiger partial charge in [-0.15, -0.1) is 0 Å². The van der Waals surface area contributed by atoms with Crippen molar-refractivity contribution in [2.24, 2.45) is 5.92 Å². The van der Waals surface area contributed by atoms with Crippen LogP contribution in [0.3, 0.4) is 0 Å². The number of amides is 1. The van der Waals surface area contributed by atoms with Crippen LogP contribution < -0.4 is 10.9 Å². The minimum absolute atomic E-state index is 0.0238. The van der Waals surface area contributed by atoms with Crippen molar-refractivity contribution >= 4 is 5.91 Å². The van der Waals surface area contributed by atoms with Gasteiger partial charge in [-0.1, -0.05) is 0 Å². The van der Waals surface area contributed by atoms with Crippen molar-refractivity contribution in [3.63, 3.8) is 0 Å². The second-order valence-corrected chi connectivity index (χ2v) is 4.73. The maximum absolute atomic E-state index is 12.3. The van der Waals surface area contributed by atoms with E-state index in [0.29, 0.717) is 6.07 Å². The Bertz CT molecular complexity index is 564. The number of aliphatic hydroxyl groups is 1. The van der Waals surface area contributed by atoms with Crippen LogP contribution in [0.1, 0.15) is 28.9 Å². The van der Waals surface area contributed by atoms with Crippen LogP contribution in [-0.2, 0) is 6.18 Å². The number of H-pyrrole nitrogens is 1. The summed E-state index contributed by atoms with van der Waals surface area (Å²) < 4.78 is 37.0. The summed E-state index contributed by atoms with van der Waals surface area (Å²) in [5, 5.41) is 11.9. The number of pyridine rings is 1. The third-order valence-electron chi connectivity index (χ3n) is 3.10. The van der Waals surface area contributed by atoms with Gasteiger partial charge in [0.1, 0.15) is 11.3 Å². The molecule has 1 aliphatic carbocycles. The Kier molecular flexibility index (Phi) is 3.85. The van der Waals surface area contributed by atoms with Gasteiger partial charge in [0.25, 0.3) is 11.5 Å². The largest absolute Gasteiger partial charge is 0.431 e. The summed E-state index contributed by atoms with van der Waals surface area (Å²) in [5.41, 5.74) is -2.74. The number of hydrogen-bond acceptors (Lipinski definition) is 3. The molecule has 3 N–H and O–H groups in total. The number of carbonyl (C=O) groups is 1. The lowest BCUT2D eigenvalue weighted by molar-refractivity contribution is -0.141. The van der Waals surface area contributed by atoms with Crippen LogP contribution in [0.4, 0.5) is 13.2 Å². The summed E-state index contributed by atoms with van der Waals surface area (Å²) in [5.74, 6) is -0.652. The number of aliphatic hydroxyl groups excluding tert-OH is 1. The Hall–Kier alpha value is -1.83. The topological polar surface area (TPSA) is 82.2 Å². The van der Waals surface area contributed by atoms with E-state index in [9.17, 15) is 27.9 Å². The van der Waals surface area contributed by atoms with Crippen molar-refractivity contribution in [3.05, 3.63) is 33.7 Å². The van der Waals surface area contributed by atoms with E-state index in [1.54, 1.807) is 4.98 Å². The van der Waals surface area contributed by atoms with Crippen molar-refractivity contribution in [2.75, 3.05) is 6.54 Å². The van der Waals surface area contributed by atoms with E-state index in [2.05, 4.69) is 5.32 Å². The summed E-state index contributed by atoms with van der Waals surface area (Å²) in [4.78, 5) is 24.7. The maximum atomic E-state index is 12.3. The normalized spacial score (nSPS) is 16.8. The first-order valence-electron chi connectivity index (χ1n) is 6.06. The van der Waals surface area contributed by atoms with Gasteiger partial charge < -0.3 is 15.4 Å². The van der Waals surface area contributed by atoms with Crippen molar-refractivity contribution < 1.29 is 23.1 Å². The third-order valence-corrected chi connectivity index (χ3v) is 3.10. The summed E-state index contributed by atoms with van der Waals surface area (Å²) in [6.45, 7) is -0.0238. The first-order valence-corrected chi connectivity index (χ1v) is 6.06. The second-order valence-electron chi connectivity index (χ2n) is 4.73. The van der Waals surface area contributed by atoms with Crippen molar-refractivity contribution in [2.45, 2.75) is 25.1 Å². The molecule has 5 nitrogen and oxygen atoms in total. The standard InChI is InChI=1S/C12H13F3N2O3/c13-12(14,15)9-4-3-7(11(20)17-9)10(19)16-5-8(18)6-1-2-6/h3-4,6,8,18H,1-2,5H2,(H,16,19)(H,17,20). The highest BCUT2D eigenvalue weighted by Crippen LogP contribution is 2.32. The average molecular weight is 290 g/mol. The molecule has 1 heterocycles. The fourth-order valence-electron chi connectivity index (χ4n) is 1.76. The Morgan fingerprint density at radius 1 is 1.45 bits per heavy atom. The second kappa shape index (κ2) is 5.28. The lowest BCUT2D eigenvalue weighted by Crippen LogP contribution is -2.36. The Morgan fingerprint density at radius 3 is 2.60 bits per heavy atom. The zero-order valence-corrected chi connectivity index (χ0v) is 10.3. The lowest BCUT2D eigenvalue weighted by atomic mass is 10.2. The SMILES string of the molecule is O=C(NCC(O)C1CC1)c1ccc(C(F)(F)F)[nH]c1=O. The van der Waals surface area contributed by atoms with E-state index in [0.717, 1.165) is 18.9 Å². The van der Waals surface area contributed by atoms with Crippen LogP contribution >= 0.6 is 0 Å². The molecule has 0 radical (unpaired) electrons. The van der Waals surface area contributed by atoms with Gasteiger partial charge in [-0.05, 0) is 30.9 Å². The number of aromatic amines is 1. The van der Waals surface area contributed by atoms with Gasteiger partial charge in [0, 0.05) is 6.54 Å². The fourth-order valence-corrected chi connectivity index (χ4v) is 1.76. The smallest absolute Gasteiger partial charge is 0.391 e. The van der Waals surface area contributed by atoms with Gasteiger partial charge in [-0.2, -0.15) is 13.2 Å². The van der Waals surface area contributed by atoms with Gasteiger partial charge in [-0.25, -0.2) is 0 Å². The van der Waals surface area contributed by atoms with Crippen LogP contribution in [0.15, 0.2) is 16.9 Å². The molecule has 0 bridgehead atoms. The highest BCUT2D eigenvalue weighted by molar-refractivity contribution is 5.93. The molecule has 20 heavy (non-hydrogen) atoms. The maximum Gasteiger partial charge on any atom is 0.431 e. The van der Waals surface area contributed by atoms with Gasteiger partial charge in [0.2, 0.25) is 0 Å². The highest BCUT2D eigenvalue weighted by atomic mass is 19.4. The Morgan fingerprint density at radius 2 is 2.10 bits per heavy atom. The Balaban J connectivity index is 2.04. The van der Waals surface area contributed by atoms with E-state index < -0.39 is 35.0 Å². The van der Waals surface area contributed by atoms with E-state index >= 15 is 0 Å². The molecule has 1 aliphatic rings.